The molecular formula is C14H22N2O4S. The first-order valence-corrected chi connectivity index (χ1v) is 8.26. The van der Waals surface area contributed by atoms with Gasteiger partial charge in [-0.25, -0.2) is 8.42 Å². The van der Waals surface area contributed by atoms with Gasteiger partial charge >= 0.3 is 5.97 Å². The number of nitrogens with two attached hydrogens (primary N) is 1. The predicted octanol–water partition coefficient (Wildman–Crippen LogP) is 0.944. The highest BCUT2D eigenvalue weighted by molar-refractivity contribution is 7.89. The Kier molecular flexibility index (Phi) is 6.80. The minimum Gasteiger partial charge on any atom is -0.468 e. The third-order valence-electron chi connectivity index (χ3n) is 3.06. The van der Waals surface area contributed by atoms with Crippen molar-refractivity contribution in [1.82, 2.24) is 4.72 Å². The Morgan fingerprint density at radius 3 is 2.43 bits per heavy atom. The quantitative estimate of drug-likeness (QED) is 0.550. The number of aryl methyl sites for hydroxylation is 1. The van der Waals surface area contributed by atoms with Crippen LogP contribution in [0.3, 0.4) is 0 Å². The summed E-state index contributed by atoms with van der Waals surface area (Å²) in [6.45, 7) is 2.37. The first kappa shape index (κ1) is 17.6. The van der Waals surface area contributed by atoms with E-state index in [-0.39, 0.29) is 4.90 Å². The van der Waals surface area contributed by atoms with Crippen LogP contribution in [0, 0.1) is 6.92 Å². The van der Waals surface area contributed by atoms with E-state index in [1.807, 2.05) is 6.92 Å². The summed E-state index contributed by atoms with van der Waals surface area (Å²) in [6.07, 6.45) is 1.72. The summed E-state index contributed by atoms with van der Waals surface area (Å²) in [5, 5.41) is 0. The molecule has 21 heavy (non-hydrogen) atoms. The Hall–Kier alpha value is -1.44. The molecule has 6 nitrogen and oxygen atoms in total. The summed E-state index contributed by atoms with van der Waals surface area (Å²) in [6, 6.07) is 5.53. The van der Waals surface area contributed by atoms with Gasteiger partial charge in [0.2, 0.25) is 10.0 Å². The molecule has 0 spiro atoms. The number of ether oxygens (including phenoxy) is 1. The summed E-state index contributed by atoms with van der Waals surface area (Å²) in [5.41, 5.74) is 6.36. The molecule has 1 unspecified atom stereocenters. The average Bonchev–Trinajstić information content (AvgIpc) is 2.46. The number of rotatable bonds is 8. The second-order valence-corrected chi connectivity index (χ2v) is 6.51. The van der Waals surface area contributed by atoms with Crippen LogP contribution in [-0.2, 0) is 19.6 Å². The highest BCUT2D eigenvalue weighted by Crippen LogP contribution is 2.12. The van der Waals surface area contributed by atoms with Crippen LogP contribution in [-0.4, -0.2) is 34.1 Å². The number of nitrogens with one attached hydrogen (secondary N) is 1. The lowest BCUT2D eigenvalue weighted by atomic mass is 10.1. The van der Waals surface area contributed by atoms with Gasteiger partial charge in [0.15, 0.2) is 0 Å². The molecule has 0 heterocycles. The highest BCUT2D eigenvalue weighted by atomic mass is 32.2. The Bertz CT molecular complexity index is 555. The maximum atomic E-state index is 12.3. The van der Waals surface area contributed by atoms with Crippen LogP contribution in [0.4, 0.5) is 0 Å². The van der Waals surface area contributed by atoms with Crippen LogP contribution >= 0.6 is 0 Å². The standard InChI is InChI=1S/C14H22N2O4S/c1-11-6-8-12(9-7-11)21(18,19)16-13(14(17)20-2)5-3-4-10-15/h6-9,13,16H,3-5,10,15H2,1-2H3. The van der Waals surface area contributed by atoms with E-state index in [9.17, 15) is 13.2 Å². The molecule has 3 N–H and O–H groups in total. The van der Waals surface area contributed by atoms with Crippen LogP contribution in [0.5, 0.6) is 0 Å². The molecule has 7 heteroatoms. The van der Waals surface area contributed by atoms with Crippen molar-refractivity contribution in [2.75, 3.05) is 13.7 Å². The van der Waals surface area contributed by atoms with E-state index in [0.29, 0.717) is 19.4 Å². The van der Waals surface area contributed by atoms with Crippen LogP contribution < -0.4 is 10.5 Å². The number of esters is 1. The first-order chi connectivity index (χ1) is 9.90. The molecular weight excluding hydrogens is 292 g/mol. The summed E-state index contributed by atoms with van der Waals surface area (Å²) in [5.74, 6) is -0.595. The number of carbonyl (C=O) groups excluding carboxylic acids is 1. The first-order valence-electron chi connectivity index (χ1n) is 6.77. The maximum Gasteiger partial charge on any atom is 0.323 e. The SMILES string of the molecule is COC(=O)C(CCCCN)NS(=O)(=O)c1ccc(C)cc1. The smallest absolute Gasteiger partial charge is 0.323 e. The van der Waals surface area contributed by atoms with E-state index < -0.39 is 22.0 Å². The van der Waals surface area contributed by atoms with E-state index in [4.69, 9.17) is 5.73 Å². The van der Waals surface area contributed by atoms with Gasteiger partial charge in [-0.05, 0) is 38.4 Å². The largest absolute Gasteiger partial charge is 0.468 e. The monoisotopic (exact) mass is 314 g/mol. The number of carbonyl (C=O) groups is 1. The van der Waals surface area contributed by atoms with Gasteiger partial charge in [-0.3, -0.25) is 4.79 Å². The lowest BCUT2D eigenvalue weighted by Gasteiger charge is -2.16. The summed E-state index contributed by atoms with van der Waals surface area (Å²) < 4.78 is 31.6. The van der Waals surface area contributed by atoms with Crippen molar-refractivity contribution < 1.29 is 17.9 Å². The van der Waals surface area contributed by atoms with Crippen molar-refractivity contribution in [1.29, 1.82) is 0 Å². The molecule has 0 aliphatic rings. The molecule has 0 aliphatic carbocycles. The number of sulfonamides is 1. The van der Waals surface area contributed by atoms with Gasteiger partial charge in [-0.2, -0.15) is 4.72 Å². The number of methoxy groups -OCH3 is 1. The van der Waals surface area contributed by atoms with Gasteiger partial charge in [0.05, 0.1) is 12.0 Å². The fourth-order valence-corrected chi connectivity index (χ4v) is 3.05. The van der Waals surface area contributed by atoms with E-state index in [2.05, 4.69) is 9.46 Å². The summed E-state index contributed by atoms with van der Waals surface area (Å²) in [7, 11) is -2.52. The van der Waals surface area contributed by atoms with Crippen molar-refractivity contribution in [3.8, 4) is 0 Å². The second-order valence-electron chi connectivity index (χ2n) is 4.79. The molecule has 0 amide bonds. The van der Waals surface area contributed by atoms with Crippen molar-refractivity contribution in [2.24, 2.45) is 5.73 Å². The lowest BCUT2D eigenvalue weighted by molar-refractivity contribution is -0.142. The molecule has 0 aromatic heterocycles. The van der Waals surface area contributed by atoms with Crippen LogP contribution in [0.2, 0.25) is 0 Å². The van der Waals surface area contributed by atoms with Crippen LogP contribution in [0.15, 0.2) is 29.2 Å². The Morgan fingerprint density at radius 2 is 1.90 bits per heavy atom. The summed E-state index contributed by atoms with van der Waals surface area (Å²) in [4.78, 5) is 11.8. The van der Waals surface area contributed by atoms with Crippen molar-refractivity contribution in [2.45, 2.75) is 37.1 Å². The van der Waals surface area contributed by atoms with E-state index >= 15 is 0 Å². The molecule has 1 aromatic rings. The van der Waals surface area contributed by atoms with Crippen LogP contribution in [0.1, 0.15) is 24.8 Å². The maximum absolute atomic E-state index is 12.3. The molecule has 1 rings (SSSR count). The fourth-order valence-electron chi connectivity index (χ4n) is 1.83. The van der Waals surface area contributed by atoms with E-state index in [1.165, 1.54) is 19.2 Å². The van der Waals surface area contributed by atoms with Gasteiger partial charge in [0.1, 0.15) is 6.04 Å². The van der Waals surface area contributed by atoms with E-state index in [0.717, 1.165) is 12.0 Å². The predicted molar refractivity (Wildman–Crippen MR) is 80.2 cm³/mol. The number of unbranched alkanes of at least 4 members (excludes halogenated alkanes) is 1. The Balaban J connectivity index is 2.85. The zero-order valence-corrected chi connectivity index (χ0v) is 13.2. The molecule has 118 valence electrons. The van der Waals surface area contributed by atoms with Gasteiger partial charge in [0, 0.05) is 0 Å². The average molecular weight is 314 g/mol. The molecule has 0 saturated heterocycles. The van der Waals surface area contributed by atoms with E-state index in [1.54, 1.807) is 12.1 Å². The Labute approximate surface area is 125 Å². The van der Waals surface area contributed by atoms with Gasteiger partial charge in [0.25, 0.3) is 0 Å². The molecule has 0 saturated carbocycles. The molecule has 0 fully saturated rings. The molecule has 0 radical (unpaired) electrons. The minimum absolute atomic E-state index is 0.126. The highest BCUT2D eigenvalue weighted by Gasteiger charge is 2.25. The third kappa shape index (κ3) is 5.45. The van der Waals surface area contributed by atoms with Crippen LogP contribution in [0.25, 0.3) is 0 Å². The van der Waals surface area contributed by atoms with Crippen molar-refractivity contribution in [3.63, 3.8) is 0 Å². The number of hydrogen-bond acceptors (Lipinski definition) is 5. The summed E-state index contributed by atoms with van der Waals surface area (Å²) >= 11 is 0. The zero-order valence-electron chi connectivity index (χ0n) is 12.3. The van der Waals surface area contributed by atoms with Gasteiger partial charge in [-0.1, -0.05) is 24.1 Å². The second kappa shape index (κ2) is 8.11. The number of hydrogen-bond donors (Lipinski definition) is 2. The molecule has 1 aromatic carbocycles. The normalized spacial score (nSPS) is 12.9. The topological polar surface area (TPSA) is 98.5 Å². The van der Waals surface area contributed by atoms with Crippen molar-refractivity contribution in [3.05, 3.63) is 29.8 Å². The molecule has 1 atom stereocenters. The molecule has 0 aliphatic heterocycles. The fraction of sp³-hybridized carbons (Fsp3) is 0.500. The minimum atomic E-state index is -3.75. The zero-order chi connectivity index (χ0) is 15.9. The lowest BCUT2D eigenvalue weighted by Crippen LogP contribution is -2.41. The van der Waals surface area contributed by atoms with Gasteiger partial charge < -0.3 is 10.5 Å². The third-order valence-corrected chi connectivity index (χ3v) is 4.55. The number of benzene rings is 1. The molecule has 0 bridgehead atoms. The van der Waals surface area contributed by atoms with Gasteiger partial charge in [-0.15, -0.1) is 0 Å². The Morgan fingerprint density at radius 1 is 1.29 bits per heavy atom. The van der Waals surface area contributed by atoms with Crippen molar-refractivity contribution >= 4 is 16.0 Å².